The van der Waals surface area contributed by atoms with Gasteiger partial charge < -0.3 is 5.32 Å². The van der Waals surface area contributed by atoms with E-state index in [2.05, 4.69) is 43.8 Å². The minimum Gasteiger partial charge on any atom is -0.320 e. The van der Waals surface area contributed by atoms with E-state index in [1.807, 2.05) is 48.5 Å². The maximum Gasteiger partial charge on any atom is 0.266 e. The van der Waals surface area contributed by atoms with Crippen molar-refractivity contribution >= 4 is 56.2 Å². The standard InChI is InChI=1S/C16H10BrIN2O/c17-13-7-5-11(6-8-13)9-12(10-19)16(21)20-15-4-2-1-3-14(15)18/h1-9H,(H,20,21)/b12-9-. The third kappa shape index (κ3) is 4.41. The van der Waals surface area contributed by atoms with Gasteiger partial charge in [0.25, 0.3) is 5.91 Å². The zero-order valence-electron chi connectivity index (χ0n) is 10.8. The molecule has 1 N–H and O–H groups in total. The molecule has 0 atom stereocenters. The molecule has 2 aromatic rings. The SMILES string of the molecule is N#C/C(=C/c1ccc(Br)cc1)C(=O)Nc1ccccc1I. The van der Waals surface area contributed by atoms with E-state index in [0.29, 0.717) is 5.69 Å². The molecule has 0 heterocycles. The second kappa shape index (κ2) is 7.38. The molecule has 5 heteroatoms. The van der Waals surface area contributed by atoms with Gasteiger partial charge in [-0.1, -0.05) is 40.2 Å². The van der Waals surface area contributed by atoms with E-state index in [1.165, 1.54) is 0 Å². The number of nitriles is 1. The summed E-state index contributed by atoms with van der Waals surface area (Å²) in [5, 5.41) is 11.9. The number of benzene rings is 2. The summed E-state index contributed by atoms with van der Waals surface area (Å²) in [5.41, 5.74) is 1.56. The maximum absolute atomic E-state index is 12.2. The predicted octanol–water partition coefficient (Wildman–Crippen LogP) is 4.60. The first-order valence-corrected chi connectivity index (χ1v) is 7.90. The zero-order chi connectivity index (χ0) is 15.2. The third-order valence-corrected chi connectivity index (χ3v) is 4.14. The average molecular weight is 453 g/mol. The summed E-state index contributed by atoms with van der Waals surface area (Å²) in [6, 6.07) is 16.7. The number of carbonyl (C=O) groups excluding carboxylic acids is 1. The Labute approximate surface area is 144 Å². The smallest absolute Gasteiger partial charge is 0.266 e. The number of nitrogens with one attached hydrogen (secondary N) is 1. The van der Waals surface area contributed by atoms with Crippen molar-refractivity contribution in [1.82, 2.24) is 0 Å². The van der Waals surface area contributed by atoms with E-state index in [1.54, 1.807) is 12.1 Å². The van der Waals surface area contributed by atoms with Crippen LogP contribution >= 0.6 is 38.5 Å². The van der Waals surface area contributed by atoms with Gasteiger partial charge in [0.05, 0.1) is 5.69 Å². The number of amides is 1. The normalized spacial score (nSPS) is 10.8. The predicted molar refractivity (Wildman–Crippen MR) is 95.5 cm³/mol. The minimum absolute atomic E-state index is 0.0666. The van der Waals surface area contributed by atoms with Crippen LogP contribution in [0.25, 0.3) is 6.08 Å². The van der Waals surface area contributed by atoms with Gasteiger partial charge in [0, 0.05) is 8.04 Å². The Kier molecular flexibility index (Phi) is 5.53. The highest BCUT2D eigenvalue weighted by atomic mass is 127. The van der Waals surface area contributed by atoms with Crippen molar-refractivity contribution in [2.45, 2.75) is 0 Å². The van der Waals surface area contributed by atoms with Crippen LogP contribution in [-0.4, -0.2) is 5.91 Å². The Morgan fingerprint density at radius 1 is 1.19 bits per heavy atom. The van der Waals surface area contributed by atoms with Gasteiger partial charge in [-0.3, -0.25) is 4.79 Å². The first kappa shape index (κ1) is 15.7. The maximum atomic E-state index is 12.2. The van der Waals surface area contributed by atoms with Crippen molar-refractivity contribution in [1.29, 1.82) is 5.26 Å². The fraction of sp³-hybridized carbons (Fsp3) is 0. The third-order valence-electron chi connectivity index (χ3n) is 2.67. The number of halogens is 2. The van der Waals surface area contributed by atoms with Gasteiger partial charge in [0.15, 0.2) is 0 Å². The molecule has 0 aliphatic heterocycles. The molecule has 0 unspecified atom stereocenters. The van der Waals surface area contributed by atoms with Gasteiger partial charge in [-0.25, -0.2) is 0 Å². The lowest BCUT2D eigenvalue weighted by atomic mass is 10.1. The molecule has 3 nitrogen and oxygen atoms in total. The number of hydrogen-bond donors (Lipinski definition) is 1. The first-order chi connectivity index (χ1) is 10.1. The van der Waals surface area contributed by atoms with E-state index in [0.717, 1.165) is 13.6 Å². The minimum atomic E-state index is -0.412. The summed E-state index contributed by atoms with van der Waals surface area (Å²) < 4.78 is 1.87. The molecular formula is C16H10BrIN2O. The topological polar surface area (TPSA) is 52.9 Å². The Hall–Kier alpha value is -1.65. The van der Waals surface area contributed by atoms with Gasteiger partial charge in [0.2, 0.25) is 0 Å². The fourth-order valence-corrected chi connectivity index (χ4v) is 2.41. The second-order valence-corrected chi connectivity index (χ2v) is 6.23. The molecular weight excluding hydrogens is 443 g/mol. The molecule has 104 valence electrons. The molecule has 0 saturated carbocycles. The van der Waals surface area contributed by atoms with E-state index in [9.17, 15) is 4.79 Å². The number of rotatable bonds is 3. The van der Waals surface area contributed by atoms with E-state index in [-0.39, 0.29) is 5.57 Å². The highest BCUT2D eigenvalue weighted by Crippen LogP contribution is 2.18. The van der Waals surface area contributed by atoms with Crippen LogP contribution in [0.4, 0.5) is 5.69 Å². The van der Waals surface area contributed by atoms with Crippen LogP contribution in [0.5, 0.6) is 0 Å². The van der Waals surface area contributed by atoms with Crippen LogP contribution in [0.15, 0.2) is 58.6 Å². The number of anilines is 1. The quantitative estimate of drug-likeness (QED) is 0.420. The van der Waals surface area contributed by atoms with Gasteiger partial charge in [-0.15, -0.1) is 0 Å². The molecule has 0 fully saturated rings. The Bertz CT molecular complexity index is 733. The van der Waals surface area contributed by atoms with Gasteiger partial charge in [0.1, 0.15) is 11.6 Å². The Balaban J connectivity index is 2.21. The van der Waals surface area contributed by atoms with Crippen molar-refractivity contribution in [2.24, 2.45) is 0 Å². The van der Waals surface area contributed by atoms with Crippen molar-refractivity contribution < 1.29 is 4.79 Å². The van der Waals surface area contributed by atoms with E-state index in [4.69, 9.17) is 5.26 Å². The monoisotopic (exact) mass is 452 g/mol. The summed E-state index contributed by atoms with van der Waals surface area (Å²) in [6.07, 6.45) is 1.57. The van der Waals surface area contributed by atoms with Crippen LogP contribution in [0.2, 0.25) is 0 Å². The molecule has 1 amide bonds. The van der Waals surface area contributed by atoms with Gasteiger partial charge >= 0.3 is 0 Å². The second-order valence-electron chi connectivity index (χ2n) is 4.16. The van der Waals surface area contributed by atoms with Crippen molar-refractivity contribution in [3.8, 4) is 6.07 Å². The van der Waals surface area contributed by atoms with Gasteiger partial charge in [-0.05, 0) is 58.5 Å². The highest BCUT2D eigenvalue weighted by Gasteiger charge is 2.10. The first-order valence-electron chi connectivity index (χ1n) is 6.03. The van der Waals surface area contributed by atoms with Crippen LogP contribution in [0.1, 0.15) is 5.56 Å². The molecule has 0 spiro atoms. The molecule has 0 saturated heterocycles. The lowest BCUT2D eigenvalue weighted by Crippen LogP contribution is -2.14. The van der Waals surface area contributed by atoms with Crippen molar-refractivity contribution in [2.75, 3.05) is 5.32 Å². The molecule has 0 aliphatic rings. The Morgan fingerprint density at radius 2 is 1.86 bits per heavy atom. The summed E-state index contributed by atoms with van der Waals surface area (Å²) in [7, 11) is 0. The summed E-state index contributed by atoms with van der Waals surface area (Å²) in [5.74, 6) is -0.412. The number of carbonyl (C=O) groups is 1. The lowest BCUT2D eigenvalue weighted by Gasteiger charge is -2.06. The highest BCUT2D eigenvalue weighted by molar-refractivity contribution is 14.1. The van der Waals surface area contributed by atoms with E-state index >= 15 is 0 Å². The Morgan fingerprint density at radius 3 is 2.48 bits per heavy atom. The van der Waals surface area contributed by atoms with E-state index < -0.39 is 5.91 Å². The molecule has 0 aliphatic carbocycles. The molecule has 0 bridgehead atoms. The molecule has 2 rings (SSSR count). The molecule has 21 heavy (non-hydrogen) atoms. The molecule has 0 aromatic heterocycles. The largest absolute Gasteiger partial charge is 0.320 e. The number of hydrogen-bond acceptors (Lipinski definition) is 2. The fourth-order valence-electron chi connectivity index (χ4n) is 1.63. The summed E-state index contributed by atoms with van der Waals surface area (Å²) >= 11 is 5.48. The lowest BCUT2D eigenvalue weighted by molar-refractivity contribution is -0.112. The zero-order valence-corrected chi connectivity index (χ0v) is 14.6. The molecule has 0 radical (unpaired) electrons. The molecule has 2 aromatic carbocycles. The number of nitrogens with zero attached hydrogens (tertiary/aromatic N) is 1. The van der Waals surface area contributed by atoms with Crippen molar-refractivity contribution in [3.05, 3.63) is 67.7 Å². The van der Waals surface area contributed by atoms with Crippen LogP contribution in [-0.2, 0) is 4.79 Å². The van der Waals surface area contributed by atoms with Gasteiger partial charge in [-0.2, -0.15) is 5.26 Å². The summed E-state index contributed by atoms with van der Waals surface area (Å²) in [6.45, 7) is 0. The van der Waals surface area contributed by atoms with Crippen LogP contribution in [0.3, 0.4) is 0 Å². The van der Waals surface area contributed by atoms with Crippen molar-refractivity contribution in [3.63, 3.8) is 0 Å². The summed E-state index contributed by atoms with van der Waals surface area (Å²) in [4.78, 5) is 12.2. The van der Waals surface area contributed by atoms with Crippen LogP contribution in [0, 0.1) is 14.9 Å². The number of para-hydroxylation sites is 1. The average Bonchev–Trinajstić information content (AvgIpc) is 2.49. The van der Waals surface area contributed by atoms with Crippen LogP contribution < -0.4 is 5.32 Å².